The summed E-state index contributed by atoms with van der Waals surface area (Å²) in [7, 11) is 0. The molecule has 0 atom stereocenters. The van der Waals surface area contributed by atoms with Gasteiger partial charge < -0.3 is 15.0 Å². The predicted molar refractivity (Wildman–Crippen MR) is 95.1 cm³/mol. The first-order chi connectivity index (χ1) is 12.5. The highest BCUT2D eigenvalue weighted by atomic mass is 19.1. The van der Waals surface area contributed by atoms with E-state index in [-0.39, 0.29) is 18.1 Å². The summed E-state index contributed by atoms with van der Waals surface area (Å²) < 4.78 is 19.5. The van der Waals surface area contributed by atoms with Crippen molar-refractivity contribution in [3.8, 4) is 5.75 Å². The molecule has 2 aromatic rings. The lowest BCUT2D eigenvalue weighted by molar-refractivity contribution is -0.384. The summed E-state index contributed by atoms with van der Waals surface area (Å²) in [6.45, 7) is 1.39. The van der Waals surface area contributed by atoms with Gasteiger partial charge in [0.1, 0.15) is 11.6 Å². The molecule has 0 unspecified atom stereocenters. The van der Waals surface area contributed by atoms with E-state index in [0.29, 0.717) is 17.1 Å². The maximum absolute atomic E-state index is 14.2. The fraction of sp³-hybridized carbons (Fsp3) is 0.278. The molecule has 0 bridgehead atoms. The Labute approximate surface area is 149 Å². The predicted octanol–water partition coefficient (Wildman–Crippen LogP) is 3.35. The minimum absolute atomic E-state index is 0.0598. The van der Waals surface area contributed by atoms with Crippen molar-refractivity contribution in [3.05, 3.63) is 58.4 Å². The van der Waals surface area contributed by atoms with Crippen LogP contribution in [0.3, 0.4) is 0 Å². The van der Waals surface area contributed by atoms with Crippen LogP contribution in [0.15, 0.2) is 42.5 Å². The number of carbonyl (C=O) groups is 1. The van der Waals surface area contributed by atoms with Crippen LogP contribution in [0.1, 0.15) is 12.8 Å². The standard InChI is InChI=1S/C18H18FN3O4/c19-16-11-13(3-8-17(16)21-9-1-2-10-21)20-18(23)12-26-15-6-4-14(5-7-15)22(24)25/h3-8,11H,1-2,9-10,12H2,(H,20,23). The summed E-state index contributed by atoms with van der Waals surface area (Å²) in [4.78, 5) is 24.0. The van der Waals surface area contributed by atoms with Crippen LogP contribution in [0.5, 0.6) is 5.75 Å². The molecule has 1 N–H and O–H groups in total. The number of nitro groups is 1. The lowest BCUT2D eigenvalue weighted by Gasteiger charge is -2.18. The number of nitrogens with zero attached hydrogens (tertiary/aromatic N) is 2. The van der Waals surface area contributed by atoms with E-state index < -0.39 is 10.8 Å². The van der Waals surface area contributed by atoms with Crippen LogP contribution >= 0.6 is 0 Å². The van der Waals surface area contributed by atoms with Crippen molar-refractivity contribution in [2.75, 3.05) is 29.9 Å². The van der Waals surface area contributed by atoms with Crippen LogP contribution in [-0.2, 0) is 4.79 Å². The van der Waals surface area contributed by atoms with Gasteiger partial charge >= 0.3 is 0 Å². The Balaban J connectivity index is 1.54. The Kier molecular flexibility index (Phi) is 5.31. The number of amides is 1. The maximum Gasteiger partial charge on any atom is 0.269 e. The van der Waals surface area contributed by atoms with Gasteiger partial charge in [0.15, 0.2) is 6.61 Å². The molecule has 8 heteroatoms. The number of anilines is 2. The van der Waals surface area contributed by atoms with Crippen LogP contribution in [0, 0.1) is 15.9 Å². The second-order valence-electron chi connectivity index (χ2n) is 5.95. The zero-order valence-electron chi connectivity index (χ0n) is 14.0. The van der Waals surface area contributed by atoms with Crippen LogP contribution in [0.25, 0.3) is 0 Å². The quantitative estimate of drug-likeness (QED) is 0.631. The van der Waals surface area contributed by atoms with E-state index in [2.05, 4.69) is 5.32 Å². The van der Waals surface area contributed by atoms with Crippen LogP contribution in [0.4, 0.5) is 21.5 Å². The highest BCUT2D eigenvalue weighted by Gasteiger charge is 2.16. The minimum atomic E-state index is -0.517. The molecule has 1 aliphatic heterocycles. The maximum atomic E-state index is 14.2. The smallest absolute Gasteiger partial charge is 0.269 e. The fourth-order valence-corrected chi connectivity index (χ4v) is 2.81. The number of non-ortho nitro benzene ring substituents is 1. The van der Waals surface area contributed by atoms with E-state index in [1.165, 1.54) is 30.3 Å². The lowest BCUT2D eigenvalue weighted by Crippen LogP contribution is -2.21. The first-order valence-corrected chi connectivity index (χ1v) is 8.24. The molecule has 1 amide bonds. The molecule has 26 heavy (non-hydrogen) atoms. The monoisotopic (exact) mass is 359 g/mol. The van der Waals surface area contributed by atoms with Gasteiger partial charge in [0, 0.05) is 30.9 Å². The van der Waals surface area contributed by atoms with E-state index in [4.69, 9.17) is 4.74 Å². The Bertz CT molecular complexity index is 805. The zero-order chi connectivity index (χ0) is 18.5. The molecular weight excluding hydrogens is 341 g/mol. The van der Waals surface area contributed by atoms with E-state index >= 15 is 0 Å². The zero-order valence-corrected chi connectivity index (χ0v) is 14.0. The third kappa shape index (κ3) is 4.27. The molecule has 1 aliphatic rings. The highest BCUT2D eigenvalue weighted by molar-refractivity contribution is 5.92. The van der Waals surface area contributed by atoms with Crippen molar-refractivity contribution in [2.45, 2.75) is 12.8 Å². The van der Waals surface area contributed by atoms with Gasteiger partial charge in [-0.25, -0.2) is 4.39 Å². The van der Waals surface area contributed by atoms with Crippen LogP contribution < -0.4 is 15.0 Å². The second-order valence-corrected chi connectivity index (χ2v) is 5.95. The number of nitro benzene ring substituents is 1. The van der Waals surface area contributed by atoms with Crippen molar-refractivity contribution >= 4 is 23.0 Å². The van der Waals surface area contributed by atoms with E-state index in [9.17, 15) is 19.3 Å². The molecule has 136 valence electrons. The Morgan fingerprint density at radius 1 is 1.19 bits per heavy atom. The normalized spacial score (nSPS) is 13.5. The Morgan fingerprint density at radius 2 is 1.88 bits per heavy atom. The molecule has 1 heterocycles. The van der Waals surface area contributed by atoms with Crippen molar-refractivity contribution < 1.29 is 18.8 Å². The van der Waals surface area contributed by atoms with Gasteiger partial charge in [-0.3, -0.25) is 14.9 Å². The van der Waals surface area contributed by atoms with E-state index in [1.807, 2.05) is 4.90 Å². The van der Waals surface area contributed by atoms with Crippen molar-refractivity contribution in [1.82, 2.24) is 0 Å². The van der Waals surface area contributed by atoms with E-state index in [0.717, 1.165) is 25.9 Å². The van der Waals surface area contributed by atoms with Crippen molar-refractivity contribution in [3.63, 3.8) is 0 Å². The summed E-state index contributed by atoms with van der Waals surface area (Å²) >= 11 is 0. The van der Waals surface area contributed by atoms with Crippen molar-refractivity contribution in [2.24, 2.45) is 0 Å². The average Bonchev–Trinajstić information content (AvgIpc) is 3.15. The number of nitrogens with one attached hydrogen (secondary N) is 1. The highest BCUT2D eigenvalue weighted by Crippen LogP contribution is 2.26. The van der Waals surface area contributed by atoms with E-state index in [1.54, 1.807) is 12.1 Å². The summed E-state index contributed by atoms with van der Waals surface area (Å²) in [5.41, 5.74) is 0.834. The molecule has 0 radical (unpaired) electrons. The summed E-state index contributed by atoms with van der Waals surface area (Å²) in [6, 6.07) is 10.0. The lowest BCUT2D eigenvalue weighted by atomic mass is 10.2. The fourth-order valence-electron chi connectivity index (χ4n) is 2.81. The molecule has 0 spiro atoms. The topological polar surface area (TPSA) is 84.7 Å². The number of rotatable bonds is 6. The Hall–Kier alpha value is -3.16. The van der Waals surface area contributed by atoms with Crippen molar-refractivity contribution in [1.29, 1.82) is 0 Å². The molecule has 0 saturated carbocycles. The summed E-state index contributed by atoms with van der Waals surface area (Å²) in [5.74, 6) is -0.487. The number of hydrogen-bond acceptors (Lipinski definition) is 5. The minimum Gasteiger partial charge on any atom is -0.484 e. The molecule has 3 rings (SSSR count). The number of hydrogen-bond donors (Lipinski definition) is 1. The average molecular weight is 359 g/mol. The summed E-state index contributed by atoms with van der Waals surface area (Å²) in [6.07, 6.45) is 2.11. The number of benzene rings is 2. The number of ether oxygens (including phenoxy) is 1. The van der Waals surface area contributed by atoms with Crippen LogP contribution in [0.2, 0.25) is 0 Å². The number of halogens is 1. The van der Waals surface area contributed by atoms with Gasteiger partial charge in [-0.15, -0.1) is 0 Å². The molecule has 2 aromatic carbocycles. The molecular formula is C18H18FN3O4. The molecule has 0 aromatic heterocycles. The van der Waals surface area contributed by atoms with Gasteiger partial charge in [0.05, 0.1) is 10.6 Å². The molecule has 1 fully saturated rings. The van der Waals surface area contributed by atoms with Crippen LogP contribution in [-0.4, -0.2) is 30.5 Å². The molecule has 7 nitrogen and oxygen atoms in total. The Morgan fingerprint density at radius 3 is 2.50 bits per heavy atom. The largest absolute Gasteiger partial charge is 0.484 e. The summed E-state index contributed by atoms with van der Waals surface area (Å²) in [5, 5.41) is 13.2. The van der Waals surface area contributed by atoms with Gasteiger partial charge in [-0.2, -0.15) is 0 Å². The number of carbonyl (C=O) groups excluding carboxylic acids is 1. The van der Waals surface area contributed by atoms with Gasteiger partial charge in [-0.05, 0) is 43.2 Å². The SMILES string of the molecule is O=C(COc1ccc([N+](=O)[O-])cc1)Nc1ccc(N2CCCC2)c(F)c1. The third-order valence-electron chi connectivity index (χ3n) is 4.10. The molecule has 1 saturated heterocycles. The van der Waals surface area contributed by atoms with Gasteiger partial charge in [-0.1, -0.05) is 0 Å². The molecule has 0 aliphatic carbocycles. The second kappa shape index (κ2) is 7.81. The first kappa shape index (κ1) is 17.7. The van der Waals surface area contributed by atoms with Gasteiger partial charge in [0.2, 0.25) is 0 Å². The third-order valence-corrected chi connectivity index (χ3v) is 4.10. The van der Waals surface area contributed by atoms with Gasteiger partial charge in [0.25, 0.3) is 11.6 Å². The first-order valence-electron chi connectivity index (χ1n) is 8.24.